The third-order valence-electron chi connectivity index (χ3n) is 2.86. The third kappa shape index (κ3) is 2.60. The van der Waals surface area contributed by atoms with E-state index in [0.717, 1.165) is 0 Å². The van der Waals surface area contributed by atoms with Gasteiger partial charge in [-0.3, -0.25) is 0 Å². The summed E-state index contributed by atoms with van der Waals surface area (Å²) in [5.74, 6) is 0. The van der Waals surface area contributed by atoms with Crippen LogP contribution in [0.3, 0.4) is 0 Å². The van der Waals surface area contributed by atoms with E-state index in [9.17, 15) is 8.42 Å². The van der Waals surface area contributed by atoms with Gasteiger partial charge in [0, 0.05) is 12.1 Å². The van der Waals surface area contributed by atoms with Crippen molar-refractivity contribution in [1.82, 2.24) is 14.7 Å². The first-order valence-electron chi connectivity index (χ1n) is 5.22. The summed E-state index contributed by atoms with van der Waals surface area (Å²) in [6.07, 6.45) is 3.90. The Morgan fingerprint density at radius 2 is 2.12 bits per heavy atom. The van der Waals surface area contributed by atoms with Gasteiger partial charge in [-0.25, -0.2) is 18.1 Å². The molecule has 1 aromatic heterocycles. The summed E-state index contributed by atoms with van der Waals surface area (Å²) in [6, 6.07) is 0. The Morgan fingerprint density at radius 1 is 1.50 bits per heavy atom. The fraction of sp³-hybridized carbons (Fsp3) is 0.667. The summed E-state index contributed by atoms with van der Waals surface area (Å²) < 4.78 is 26.5. The first kappa shape index (κ1) is 13.1. The minimum atomic E-state index is -3.56. The van der Waals surface area contributed by atoms with Gasteiger partial charge in [0.05, 0.1) is 12.5 Å². The molecule has 0 aliphatic carbocycles. The maximum Gasteiger partial charge on any atom is 0.258 e. The van der Waals surface area contributed by atoms with Crippen LogP contribution in [-0.2, 0) is 10.0 Å². The molecule has 4 N–H and O–H groups in total. The molecule has 0 bridgehead atoms. The Labute approximate surface area is 95.7 Å². The average Bonchev–Trinajstić information content (AvgIpc) is 2.80. The lowest BCUT2D eigenvalue weighted by Crippen LogP contribution is -2.52. The molecule has 0 atom stereocenters. The molecule has 1 heterocycles. The zero-order valence-electron chi connectivity index (χ0n) is 9.53. The van der Waals surface area contributed by atoms with Crippen molar-refractivity contribution in [3.63, 3.8) is 0 Å². The largest absolute Gasteiger partial charge is 0.335 e. The number of nitrogens with two attached hydrogens (primary N) is 1. The molecule has 7 heteroatoms. The highest BCUT2D eigenvalue weighted by atomic mass is 32.2. The van der Waals surface area contributed by atoms with Crippen LogP contribution in [0, 0.1) is 0 Å². The molecular formula is C9H18N4O2S. The molecule has 0 aromatic carbocycles. The van der Waals surface area contributed by atoms with E-state index in [0.29, 0.717) is 12.8 Å². The number of aromatic nitrogens is 2. The van der Waals surface area contributed by atoms with Crippen LogP contribution in [0.5, 0.6) is 0 Å². The highest BCUT2D eigenvalue weighted by Gasteiger charge is 2.31. The highest BCUT2D eigenvalue weighted by Crippen LogP contribution is 2.17. The Bertz CT molecular complexity index is 400. The van der Waals surface area contributed by atoms with Crippen molar-refractivity contribution in [3.05, 3.63) is 12.5 Å². The van der Waals surface area contributed by atoms with Gasteiger partial charge in [0.15, 0.2) is 5.03 Å². The average molecular weight is 246 g/mol. The quantitative estimate of drug-likeness (QED) is 0.667. The lowest BCUT2D eigenvalue weighted by Gasteiger charge is -2.30. The lowest BCUT2D eigenvalue weighted by molar-refractivity contribution is 0.362. The summed E-state index contributed by atoms with van der Waals surface area (Å²) in [7, 11) is -3.56. The van der Waals surface area contributed by atoms with Crippen LogP contribution in [0.25, 0.3) is 0 Å². The second-order valence-corrected chi connectivity index (χ2v) is 5.36. The van der Waals surface area contributed by atoms with Crippen LogP contribution in [0.1, 0.15) is 26.7 Å². The van der Waals surface area contributed by atoms with Crippen molar-refractivity contribution < 1.29 is 8.42 Å². The van der Waals surface area contributed by atoms with Crippen molar-refractivity contribution in [3.8, 4) is 0 Å². The zero-order chi connectivity index (χ0) is 12.2. The van der Waals surface area contributed by atoms with E-state index < -0.39 is 15.6 Å². The fourth-order valence-electron chi connectivity index (χ4n) is 1.45. The maximum absolute atomic E-state index is 11.9. The predicted molar refractivity (Wildman–Crippen MR) is 61.3 cm³/mol. The monoisotopic (exact) mass is 246 g/mol. The van der Waals surface area contributed by atoms with Crippen LogP contribution in [-0.4, -0.2) is 30.5 Å². The van der Waals surface area contributed by atoms with E-state index in [-0.39, 0.29) is 11.6 Å². The van der Waals surface area contributed by atoms with E-state index in [1.807, 2.05) is 13.8 Å². The van der Waals surface area contributed by atoms with Crippen LogP contribution >= 0.6 is 0 Å². The number of hydrogen-bond acceptors (Lipinski definition) is 4. The minimum absolute atomic E-state index is 0.0622. The SMILES string of the molecule is CCC(CC)(CN)NS(=O)(=O)c1cnc[nH]1. The molecule has 0 fully saturated rings. The van der Waals surface area contributed by atoms with Gasteiger partial charge in [0.1, 0.15) is 0 Å². The molecule has 1 rings (SSSR count). The standard InChI is InChI=1S/C9H18N4O2S/c1-3-9(4-2,6-10)13-16(14,15)8-5-11-7-12-8/h5,7,13H,3-4,6,10H2,1-2H3,(H,11,12). The van der Waals surface area contributed by atoms with Gasteiger partial charge in [-0.15, -0.1) is 0 Å². The van der Waals surface area contributed by atoms with Gasteiger partial charge in [0.25, 0.3) is 10.0 Å². The van der Waals surface area contributed by atoms with E-state index in [2.05, 4.69) is 14.7 Å². The molecule has 0 unspecified atom stereocenters. The molecule has 0 saturated heterocycles. The Morgan fingerprint density at radius 3 is 2.50 bits per heavy atom. The number of nitrogens with zero attached hydrogens (tertiary/aromatic N) is 1. The van der Waals surface area contributed by atoms with E-state index in [4.69, 9.17) is 5.73 Å². The molecule has 92 valence electrons. The van der Waals surface area contributed by atoms with Gasteiger partial charge in [-0.2, -0.15) is 0 Å². The topological polar surface area (TPSA) is 101 Å². The lowest BCUT2D eigenvalue weighted by atomic mass is 9.95. The van der Waals surface area contributed by atoms with Crippen molar-refractivity contribution in [1.29, 1.82) is 0 Å². The first-order chi connectivity index (χ1) is 7.49. The number of hydrogen-bond donors (Lipinski definition) is 3. The van der Waals surface area contributed by atoms with E-state index in [1.165, 1.54) is 12.5 Å². The number of rotatable bonds is 6. The van der Waals surface area contributed by atoms with Gasteiger partial charge in [-0.1, -0.05) is 13.8 Å². The molecule has 16 heavy (non-hydrogen) atoms. The third-order valence-corrected chi connectivity index (χ3v) is 4.36. The van der Waals surface area contributed by atoms with Crippen LogP contribution in [0.15, 0.2) is 17.6 Å². The Balaban J connectivity index is 2.96. The predicted octanol–water partition coefficient (Wildman–Crippen LogP) is 0.206. The highest BCUT2D eigenvalue weighted by molar-refractivity contribution is 7.89. The van der Waals surface area contributed by atoms with Crippen molar-refractivity contribution >= 4 is 10.0 Å². The summed E-state index contributed by atoms with van der Waals surface area (Å²) in [6.45, 7) is 4.09. The molecule has 0 radical (unpaired) electrons. The molecule has 0 aliphatic rings. The van der Waals surface area contributed by atoms with Crippen molar-refractivity contribution in [2.45, 2.75) is 37.3 Å². The van der Waals surface area contributed by atoms with Gasteiger partial charge < -0.3 is 10.7 Å². The van der Waals surface area contributed by atoms with Crippen molar-refractivity contribution in [2.24, 2.45) is 5.73 Å². The normalized spacial score (nSPS) is 12.9. The second-order valence-electron chi connectivity index (χ2n) is 3.71. The number of nitrogens with one attached hydrogen (secondary N) is 2. The van der Waals surface area contributed by atoms with Crippen LogP contribution in [0.2, 0.25) is 0 Å². The van der Waals surface area contributed by atoms with E-state index in [1.54, 1.807) is 0 Å². The summed E-state index contributed by atoms with van der Waals surface area (Å²) in [5, 5.41) is 0.0622. The van der Waals surface area contributed by atoms with Crippen molar-refractivity contribution in [2.75, 3.05) is 6.54 Å². The number of sulfonamides is 1. The number of aromatic amines is 1. The molecule has 0 saturated carbocycles. The summed E-state index contributed by atoms with van der Waals surface area (Å²) in [4.78, 5) is 6.26. The van der Waals surface area contributed by atoms with Gasteiger partial charge >= 0.3 is 0 Å². The smallest absolute Gasteiger partial charge is 0.258 e. The first-order valence-corrected chi connectivity index (χ1v) is 6.70. The van der Waals surface area contributed by atoms with Gasteiger partial charge in [-0.05, 0) is 12.8 Å². The molecule has 0 amide bonds. The Hall–Kier alpha value is -0.920. The Kier molecular flexibility index (Phi) is 4.06. The molecular weight excluding hydrogens is 228 g/mol. The maximum atomic E-state index is 11.9. The second kappa shape index (κ2) is 4.94. The summed E-state index contributed by atoms with van der Waals surface area (Å²) >= 11 is 0. The number of H-pyrrole nitrogens is 1. The molecule has 6 nitrogen and oxygen atoms in total. The summed E-state index contributed by atoms with van der Waals surface area (Å²) in [5.41, 5.74) is 5.06. The molecule has 0 aliphatic heterocycles. The molecule has 0 spiro atoms. The minimum Gasteiger partial charge on any atom is -0.335 e. The van der Waals surface area contributed by atoms with E-state index >= 15 is 0 Å². The van der Waals surface area contributed by atoms with Gasteiger partial charge in [0.2, 0.25) is 0 Å². The fourth-order valence-corrected chi connectivity index (χ4v) is 2.91. The van der Waals surface area contributed by atoms with Crippen LogP contribution in [0.4, 0.5) is 0 Å². The molecule has 1 aromatic rings. The zero-order valence-corrected chi connectivity index (χ0v) is 10.3. The van der Waals surface area contributed by atoms with Crippen LogP contribution < -0.4 is 10.5 Å². The number of imidazole rings is 1.